The zero-order valence-electron chi connectivity index (χ0n) is 22.0. The summed E-state index contributed by atoms with van der Waals surface area (Å²) in [7, 11) is 0. The highest BCUT2D eigenvalue weighted by Crippen LogP contribution is 2.24. The maximum absolute atomic E-state index is 13.6. The molecule has 2 atom stereocenters. The first-order valence-electron chi connectivity index (χ1n) is 12.7. The predicted octanol–water partition coefficient (Wildman–Crippen LogP) is 3.23. The Kier molecular flexibility index (Phi) is 8.81. The molecule has 0 spiro atoms. The number of carbonyl (C=O) groups excluding carboxylic acids is 2. The minimum absolute atomic E-state index is 0.133. The van der Waals surface area contributed by atoms with Gasteiger partial charge in [0.2, 0.25) is 0 Å². The van der Waals surface area contributed by atoms with Crippen molar-refractivity contribution in [3.05, 3.63) is 65.4 Å². The number of benzene rings is 2. The highest BCUT2D eigenvalue weighted by molar-refractivity contribution is 6.30. The highest BCUT2D eigenvalue weighted by Gasteiger charge is 2.31. The molecule has 2 unspecified atom stereocenters. The van der Waals surface area contributed by atoms with Gasteiger partial charge >= 0.3 is 5.97 Å². The maximum atomic E-state index is 13.6. The summed E-state index contributed by atoms with van der Waals surface area (Å²) in [4.78, 5) is 38.8. The lowest BCUT2D eigenvalue weighted by atomic mass is 10.1. The molecular weight excluding hydrogens is 506 g/mol. The van der Waals surface area contributed by atoms with Crippen molar-refractivity contribution < 1.29 is 19.1 Å². The first kappa shape index (κ1) is 27.8. The van der Waals surface area contributed by atoms with Gasteiger partial charge in [0.15, 0.2) is 0 Å². The molecule has 1 aliphatic heterocycles. The van der Waals surface area contributed by atoms with E-state index in [0.29, 0.717) is 37.6 Å². The Bertz CT molecular complexity index is 1250. The van der Waals surface area contributed by atoms with E-state index in [1.807, 2.05) is 36.4 Å². The number of ether oxygens (including phenoxy) is 2. The number of esters is 1. The number of anilines is 1. The van der Waals surface area contributed by atoms with E-state index in [2.05, 4.69) is 14.9 Å². The Hall–Kier alpha value is -3.27. The molecular formula is C28H34ClN5O4. The molecule has 2 aromatic carbocycles. The van der Waals surface area contributed by atoms with E-state index in [-0.39, 0.29) is 12.5 Å². The molecule has 3 aromatic rings. The molecule has 0 radical (unpaired) electrons. The average Bonchev–Trinajstić information content (AvgIpc) is 2.90. The quantitative estimate of drug-likeness (QED) is 0.434. The Labute approximate surface area is 227 Å². The van der Waals surface area contributed by atoms with Gasteiger partial charge in [-0.2, -0.15) is 0 Å². The second kappa shape index (κ2) is 12.1. The summed E-state index contributed by atoms with van der Waals surface area (Å²) in [5.41, 5.74) is 7.14. The minimum atomic E-state index is -1.00. The topological polar surface area (TPSA) is 111 Å². The molecule has 2 N–H and O–H groups in total. The lowest BCUT2D eigenvalue weighted by Gasteiger charge is -2.37. The zero-order chi connectivity index (χ0) is 27.3. The fourth-order valence-corrected chi connectivity index (χ4v) is 4.43. The molecule has 0 saturated carbocycles. The van der Waals surface area contributed by atoms with Crippen LogP contribution in [-0.2, 0) is 25.5 Å². The molecule has 1 aliphatic rings. The van der Waals surface area contributed by atoms with Crippen LogP contribution in [0.4, 0.5) is 5.82 Å². The second-order valence-electron chi connectivity index (χ2n) is 10.3. The monoisotopic (exact) mass is 539 g/mol. The minimum Gasteiger partial charge on any atom is -0.459 e. The Balaban J connectivity index is 1.43. The lowest BCUT2D eigenvalue weighted by Crippen LogP contribution is -2.53. The summed E-state index contributed by atoms with van der Waals surface area (Å²) >= 11 is 6.04. The third-order valence-corrected chi connectivity index (χ3v) is 6.46. The van der Waals surface area contributed by atoms with Gasteiger partial charge in [0.25, 0.3) is 5.91 Å². The molecule has 1 saturated heterocycles. The smallest absolute Gasteiger partial charge is 0.325 e. The Morgan fingerprint density at radius 3 is 2.39 bits per heavy atom. The fraction of sp³-hybridized carbons (Fsp3) is 0.429. The van der Waals surface area contributed by atoms with Gasteiger partial charge in [-0.05, 0) is 50.6 Å². The van der Waals surface area contributed by atoms with Crippen LogP contribution in [-0.4, -0.2) is 77.3 Å². The van der Waals surface area contributed by atoms with E-state index >= 15 is 0 Å². The molecule has 4 rings (SSSR count). The zero-order valence-corrected chi connectivity index (χ0v) is 22.7. The molecule has 0 bridgehead atoms. The molecule has 38 heavy (non-hydrogen) atoms. The number of fused-ring (bicyclic) bond motifs is 1. The van der Waals surface area contributed by atoms with E-state index in [9.17, 15) is 9.59 Å². The summed E-state index contributed by atoms with van der Waals surface area (Å²) in [6.07, 6.45) is 1.09. The van der Waals surface area contributed by atoms with Crippen LogP contribution in [0.1, 0.15) is 26.3 Å². The summed E-state index contributed by atoms with van der Waals surface area (Å²) in [5, 5.41) is 1.59. The lowest BCUT2D eigenvalue weighted by molar-refractivity contribution is -0.160. The number of nitrogens with two attached hydrogens (primary N) is 1. The van der Waals surface area contributed by atoms with Crippen molar-refractivity contribution in [3.63, 3.8) is 0 Å². The van der Waals surface area contributed by atoms with E-state index in [0.717, 1.165) is 22.3 Å². The number of para-hydroxylation sites is 1. The van der Waals surface area contributed by atoms with E-state index in [1.165, 1.54) is 0 Å². The number of piperazine rings is 1. The van der Waals surface area contributed by atoms with Gasteiger partial charge in [0.05, 0.1) is 12.1 Å². The SMILES string of the molecule is CC(C)(C)OC(=O)C(N)COC(Cc1ccc(Cl)cc1)C(=O)N1CCN(c2ncnc3ccccc23)CC1. The number of hydrogen-bond acceptors (Lipinski definition) is 8. The van der Waals surface area contributed by atoms with Crippen molar-refractivity contribution in [2.75, 3.05) is 37.7 Å². The van der Waals surface area contributed by atoms with Crippen molar-refractivity contribution in [1.29, 1.82) is 0 Å². The Morgan fingerprint density at radius 1 is 1.03 bits per heavy atom. The summed E-state index contributed by atoms with van der Waals surface area (Å²) < 4.78 is 11.3. The number of hydrogen-bond donors (Lipinski definition) is 1. The molecule has 0 aliphatic carbocycles. The third kappa shape index (κ3) is 7.18. The number of rotatable bonds is 8. The normalized spacial score (nSPS) is 15.8. The van der Waals surface area contributed by atoms with Gasteiger partial charge in [-0.3, -0.25) is 9.59 Å². The molecule has 2 heterocycles. The van der Waals surface area contributed by atoms with Crippen molar-refractivity contribution in [3.8, 4) is 0 Å². The average molecular weight is 540 g/mol. The number of carbonyl (C=O) groups is 2. The molecule has 202 valence electrons. The van der Waals surface area contributed by atoms with E-state index in [4.69, 9.17) is 26.8 Å². The first-order chi connectivity index (χ1) is 18.1. The van der Waals surface area contributed by atoms with Crippen LogP contribution < -0.4 is 10.6 Å². The van der Waals surface area contributed by atoms with Crippen LogP contribution in [0.3, 0.4) is 0 Å². The van der Waals surface area contributed by atoms with Crippen LogP contribution in [0, 0.1) is 0 Å². The molecule has 10 heteroatoms. The van der Waals surface area contributed by atoms with Crippen LogP contribution in [0.25, 0.3) is 10.9 Å². The van der Waals surface area contributed by atoms with Crippen LogP contribution in [0.5, 0.6) is 0 Å². The van der Waals surface area contributed by atoms with E-state index in [1.54, 1.807) is 44.1 Å². The summed E-state index contributed by atoms with van der Waals surface area (Å²) in [6, 6.07) is 14.1. The maximum Gasteiger partial charge on any atom is 0.325 e. The Morgan fingerprint density at radius 2 is 1.71 bits per heavy atom. The van der Waals surface area contributed by atoms with Gasteiger partial charge in [-0.25, -0.2) is 9.97 Å². The second-order valence-corrected chi connectivity index (χ2v) is 10.8. The van der Waals surface area contributed by atoms with Gasteiger partial charge in [0.1, 0.15) is 29.9 Å². The van der Waals surface area contributed by atoms with Crippen molar-refractivity contribution in [1.82, 2.24) is 14.9 Å². The van der Waals surface area contributed by atoms with Crippen molar-refractivity contribution in [2.45, 2.75) is 44.9 Å². The largest absolute Gasteiger partial charge is 0.459 e. The number of halogens is 1. The summed E-state index contributed by atoms with van der Waals surface area (Å²) in [6.45, 7) is 7.45. The highest BCUT2D eigenvalue weighted by atomic mass is 35.5. The molecule has 1 fully saturated rings. The van der Waals surface area contributed by atoms with Crippen molar-refractivity contribution >= 4 is 40.2 Å². The number of amides is 1. The third-order valence-electron chi connectivity index (χ3n) is 6.21. The number of aromatic nitrogens is 2. The van der Waals surface area contributed by atoms with Crippen molar-refractivity contribution in [2.24, 2.45) is 5.73 Å². The fourth-order valence-electron chi connectivity index (χ4n) is 4.30. The van der Waals surface area contributed by atoms with Gasteiger partial charge < -0.3 is 25.0 Å². The van der Waals surface area contributed by atoms with Crippen LogP contribution >= 0.6 is 11.6 Å². The number of nitrogens with zero attached hydrogens (tertiary/aromatic N) is 4. The molecule has 1 aromatic heterocycles. The van der Waals surface area contributed by atoms with Gasteiger partial charge in [-0.15, -0.1) is 0 Å². The summed E-state index contributed by atoms with van der Waals surface area (Å²) in [5.74, 6) is 0.143. The predicted molar refractivity (Wildman–Crippen MR) is 147 cm³/mol. The van der Waals surface area contributed by atoms with Crippen LogP contribution in [0.2, 0.25) is 5.02 Å². The molecule has 9 nitrogen and oxygen atoms in total. The standard InChI is InChI=1S/C28H34ClN5O4/c1-28(2,3)38-27(36)22(30)17-37-24(16-19-8-10-20(29)11-9-19)26(35)34-14-12-33(13-15-34)25-21-6-4-5-7-23(21)31-18-32-25/h4-11,18,22,24H,12-17,30H2,1-3H3. The van der Waals surface area contributed by atoms with Crippen LogP contribution in [0.15, 0.2) is 54.9 Å². The molecule has 1 amide bonds. The van der Waals surface area contributed by atoms with Gasteiger partial charge in [0, 0.05) is 43.0 Å². The van der Waals surface area contributed by atoms with Gasteiger partial charge in [-0.1, -0.05) is 35.9 Å². The van der Waals surface area contributed by atoms with E-state index < -0.39 is 23.7 Å². The first-order valence-corrected chi connectivity index (χ1v) is 13.1.